The quantitative estimate of drug-likeness (QED) is 0.697. The predicted molar refractivity (Wildman–Crippen MR) is 78.2 cm³/mol. The maximum atomic E-state index is 13.4. The summed E-state index contributed by atoms with van der Waals surface area (Å²) in [5.41, 5.74) is 2.09. The van der Waals surface area contributed by atoms with Gasteiger partial charge in [0.2, 0.25) is 0 Å². The Balaban J connectivity index is 2.81. The van der Waals surface area contributed by atoms with E-state index < -0.39 is 0 Å². The van der Waals surface area contributed by atoms with E-state index in [1.54, 1.807) is 6.07 Å². The van der Waals surface area contributed by atoms with E-state index in [0.717, 1.165) is 37.5 Å². The van der Waals surface area contributed by atoms with Crippen molar-refractivity contribution in [3.8, 4) is 0 Å². The SMILES string of the molecule is CCNCc1cc(F)ccc1N(CC)CCOCC. The highest BCUT2D eigenvalue weighted by molar-refractivity contribution is 5.53. The fraction of sp³-hybridized carbons (Fsp3) is 0.600. The van der Waals surface area contributed by atoms with Gasteiger partial charge in [-0.1, -0.05) is 6.92 Å². The van der Waals surface area contributed by atoms with Gasteiger partial charge in [0.15, 0.2) is 0 Å². The van der Waals surface area contributed by atoms with Crippen molar-refractivity contribution >= 4 is 5.69 Å². The lowest BCUT2D eigenvalue weighted by molar-refractivity contribution is 0.154. The van der Waals surface area contributed by atoms with Crippen molar-refractivity contribution in [1.29, 1.82) is 0 Å². The Bertz CT molecular complexity index is 371. The minimum atomic E-state index is -0.183. The standard InChI is InChI=1S/C15H25FN2O/c1-4-17-12-13-11-14(16)7-8-15(13)18(5-2)9-10-19-6-3/h7-8,11,17H,4-6,9-10,12H2,1-3H3. The van der Waals surface area contributed by atoms with Crippen molar-refractivity contribution < 1.29 is 9.13 Å². The number of nitrogens with zero attached hydrogens (tertiary/aromatic N) is 1. The molecule has 1 aromatic rings. The van der Waals surface area contributed by atoms with Crippen LogP contribution in [0.15, 0.2) is 18.2 Å². The van der Waals surface area contributed by atoms with Crippen LogP contribution in [0.4, 0.5) is 10.1 Å². The van der Waals surface area contributed by atoms with Crippen LogP contribution in [-0.4, -0.2) is 32.8 Å². The summed E-state index contributed by atoms with van der Waals surface area (Å²) in [6, 6.07) is 4.99. The van der Waals surface area contributed by atoms with Crippen LogP contribution in [-0.2, 0) is 11.3 Å². The molecule has 1 aromatic carbocycles. The summed E-state index contributed by atoms with van der Waals surface area (Å²) in [6.45, 7) is 10.8. The Morgan fingerprint density at radius 3 is 2.68 bits per heavy atom. The normalized spacial score (nSPS) is 10.7. The zero-order valence-corrected chi connectivity index (χ0v) is 12.2. The molecule has 3 nitrogen and oxygen atoms in total. The minimum Gasteiger partial charge on any atom is -0.380 e. The van der Waals surface area contributed by atoms with Gasteiger partial charge in [0.05, 0.1) is 6.61 Å². The molecular formula is C15H25FN2O. The second-order valence-electron chi connectivity index (χ2n) is 4.33. The van der Waals surface area contributed by atoms with E-state index in [1.165, 1.54) is 6.07 Å². The molecule has 0 aromatic heterocycles. The molecule has 0 aliphatic heterocycles. The second-order valence-corrected chi connectivity index (χ2v) is 4.33. The van der Waals surface area contributed by atoms with Crippen LogP contribution >= 0.6 is 0 Å². The average molecular weight is 268 g/mol. The molecule has 0 spiro atoms. The molecule has 0 bridgehead atoms. The fourth-order valence-electron chi connectivity index (χ4n) is 2.03. The average Bonchev–Trinajstić information content (AvgIpc) is 2.42. The number of likely N-dealkylation sites (N-methyl/N-ethyl adjacent to an activating group) is 1. The number of ether oxygens (including phenoxy) is 1. The number of rotatable bonds is 9. The summed E-state index contributed by atoms with van der Waals surface area (Å²) in [5.74, 6) is -0.183. The highest BCUT2D eigenvalue weighted by Crippen LogP contribution is 2.21. The Morgan fingerprint density at radius 1 is 1.26 bits per heavy atom. The van der Waals surface area contributed by atoms with Crippen molar-refractivity contribution in [1.82, 2.24) is 5.32 Å². The first-order valence-corrected chi connectivity index (χ1v) is 7.04. The molecule has 0 amide bonds. The van der Waals surface area contributed by atoms with Gasteiger partial charge in [0.1, 0.15) is 5.82 Å². The van der Waals surface area contributed by atoms with Gasteiger partial charge in [0, 0.05) is 31.9 Å². The largest absolute Gasteiger partial charge is 0.380 e. The lowest BCUT2D eigenvalue weighted by Gasteiger charge is -2.26. The van der Waals surface area contributed by atoms with E-state index >= 15 is 0 Å². The van der Waals surface area contributed by atoms with Gasteiger partial charge in [-0.3, -0.25) is 0 Å². The molecule has 0 saturated carbocycles. The third kappa shape index (κ3) is 5.17. The molecule has 19 heavy (non-hydrogen) atoms. The molecular weight excluding hydrogens is 243 g/mol. The number of hydrogen-bond acceptors (Lipinski definition) is 3. The summed E-state index contributed by atoms with van der Waals surface area (Å²) >= 11 is 0. The number of halogens is 1. The number of benzene rings is 1. The summed E-state index contributed by atoms with van der Waals surface area (Å²) in [6.07, 6.45) is 0. The number of anilines is 1. The van der Waals surface area contributed by atoms with Crippen molar-refractivity contribution in [2.45, 2.75) is 27.3 Å². The molecule has 1 rings (SSSR count). The lowest BCUT2D eigenvalue weighted by atomic mass is 10.1. The number of hydrogen-bond donors (Lipinski definition) is 1. The molecule has 108 valence electrons. The summed E-state index contributed by atoms with van der Waals surface area (Å²) < 4.78 is 18.8. The van der Waals surface area contributed by atoms with Crippen LogP contribution in [0.2, 0.25) is 0 Å². The van der Waals surface area contributed by atoms with Gasteiger partial charge in [-0.25, -0.2) is 4.39 Å². The van der Waals surface area contributed by atoms with Gasteiger partial charge in [-0.05, 0) is 44.2 Å². The van der Waals surface area contributed by atoms with E-state index in [0.29, 0.717) is 13.2 Å². The lowest BCUT2D eigenvalue weighted by Crippen LogP contribution is -2.29. The fourth-order valence-corrected chi connectivity index (χ4v) is 2.03. The van der Waals surface area contributed by atoms with Crippen LogP contribution in [0.5, 0.6) is 0 Å². The summed E-state index contributed by atoms with van der Waals surface area (Å²) in [7, 11) is 0. The van der Waals surface area contributed by atoms with Crippen molar-refractivity contribution in [2.24, 2.45) is 0 Å². The van der Waals surface area contributed by atoms with Gasteiger partial charge < -0.3 is 15.0 Å². The van der Waals surface area contributed by atoms with E-state index in [9.17, 15) is 4.39 Å². The van der Waals surface area contributed by atoms with Gasteiger partial charge >= 0.3 is 0 Å². The van der Waals surface area contributed by atoms with Crippen LogP contribution < -0.4 is 10.2 Å². The van der Waals surface area contributed by atoms with Crippen molar-refractivity contribution in [2.75, 3.05) is 37.7 Å². The molecule has 0 unspecified atom stereocenters. The zero-order chi connectivity index (χ0) is 14.1. The Kier molecular flexibility index (Phi) is 7.45. The van der Waals surface area contributed by atoms with Crippen molar-refractivity contribution in [3.63, 3.8) is 0 Å². The first-order valence-electron chi connectivity index (χ1n) is 7.04. The maximum Gasteiger partial charge on any atom is 0.123 e. The van der Waals surface area contributed by atoms with Crippen LogP contribution in [0.3, 0.4) is 0 Å². The Hall–Kier alpha value is -1.13. The second kappa shape index (κ2) is 8.88. The Morgan fingerprint density at radius 2 is 2.05 bits per heavy atom. The summed E-state index contributed by atoms with van der Waals surface area (Å²) in [4.78, 5) is 2.22. The van der Waals surface area contributed by atoms with Crippen LogP contribution in [0, 0.1) is 5.82 Å². The topological polar surface area (TPSA) is 24.5 Å². The molecule has 0 aliphatic carbocycles. The molecule has 0 heterocycles. The highest BCUT2D eigenvalue weighted by Gasteiger charge is 2.10. The monoisotopic (exact) mass is 268 g/mol. The third-order valence-corrected chi connectivity index (χ3v) is 3.04. The third-order valence-electron chi connectivity index (χ3n) is 3.04. The van der Waals surface area contributed by atoms with Gasteiger partial charge in [-0.15, -0.1) is 0 Å². The summed E-state index contributed by atoms with van der Waals surface area (Å²) in [5, 5.41) is 3.25. The van der Waals surface area contributed by atoms with E-state index in [1.807, 2.05) is 19.9 Å². The smallest absolute Gasteiger partial charge is 0.123 e. The predicted octanol–water partition coefficient (Wildman–Crippen LogP) is 2.80. The van der Waals surface area contributed by atoms with Crippen molar-refractivity contribution in [3.05, 3.63) is 29.6 Å². The molecule has 0 fully saturated rings. The first-order chi connectivity index (χ1) is 9.22. The first kappa shape index (κ1) is 15.9. The number of nitrogens with one attached hydrogen (secondary N) is 1. The molecule has 4 heteroatoms. The van der Waals surface area contributed by atoms with E-state index in [-0.39, 0.29) is 5.82 Å². The van der Waals surface area contributed by atoms with Crippen LogP contribution in [0.1, 0.15) is 26.3 Å². The van der Waals surface area contributed by atoms with Gasteiger partial charge in [-0.2, -0.15) is 0 Å². The van der Waals surface area contributed by atoms with Gasteiger partial charge in [0.25, 0.3) is 0 Å². The molecule has 0 radical (unpaired) electrons. The molecule has 0 saturated heterocycles. The minimum absolute atomic E-state index is 0.183. The molecule has 1 N–H and O–H groups in total. The zero-order valence-electron chi connectivity index (χ0n) is 12.2. The Labute approximate surface area is 115 Å². The van der Waals surface area contributed by atoms with E-state index in [4.69, 9.17) is 4.74 Å². The maximum absolute atomic E-state index is 13.4. The molecule has 0 aliphatic rings. The highest BCUT2D eigenvalue weighted by atomic mass is 19.1. The van der Waals surface area contributed by atoms with E-state index in [2.05, 4.69) is 17.1 Å². The van der Waals surface area contributed by atoms with Crippen LogP contribution in [0.25, 0.3) is 0 Å². The molecule has 0 atom stereocenters.